The van der Waals surface area contributed by atoms with Crippen molar-refractivity contribution >= 4 is 17.5 Å². The lowest BCUT2D eigenvalue weighted by Crippen LogP contribution is -2.37. The number of benzene rings is 1. The highest BCUT2D eigenvalue weighted by atomic mass is 16.5. The van der Waals surface area contributed by atoms with Gasteiger partial charge in [0.15, 0.2) is 11.6 Å². The van der Waals surface area contributed by atoms with Crippen molar-refractivity contribution in [3.05, 3.63) is 67.1 Å². The molecule has 0 atom stereocenters. The van der Waals surface area contributed by atoms with Crippen molar-refractivity contribution in [3.8, 4) is 28.3 Å². The second-order valence-electron chi connectivity index (χ2n) is 7.40. The standard InChI is InChI=1S/C24H23N7O2/c1-32-22-21(18-5-2-4-17(16-18)20-6-3-9-26-30-20)28-24(31-12-14-33-15-13-31)29-23(22)27-19-7-10-25-11-8-19/h2-11,16H,12-15H2,1H3,(H,25,27,28,29). The maximum atomic E-state index is 5.82. The number of morpholine rings is 1. The number of nitrogens with one attached hydrogen (secondary N) is 1. The Kier molecular flexibility index (Phi) is 6.03. The monoisotopic (exact) mass is 441 g/mol. The van der Waals surface area contributed by atoms with E-state index in [0.717, 1.165) is 35.6 Å². The summed E-state index contributed by atoms with van der Waals surface area (Å²) < 4.78 is 11.3. The summed E-state index contributed by atoms with van der Waals surface area (Å²) in [5.74, 6) is 1.76. The second-order valence-corrected chi connectivity index (χ2v) is 7.40. The van der Waals surface area contributed by atoms with Gasteiger partial charge in [0.1, 0.15) is 5.69 Å². The van der Waals surface area contributed by atoms with Gasteiger partial charge in [-0.15, -0.1) is 0 Å². The number of methoxy groups -OCH3 is 1. The van der Waals surface area contributed by atoms with Crippen LogP contribution in [0.2, 0.25) is 0 Å². The van der Waals surface area contributed by atoms with Crippen LogP contribution in [0.15, 0.2) is 67.1 Å². The third-order valence-electron chi connectivity index (χ3n) is 5.30. The minimum Gasteiger partial charge on any atom is -0.491 e. The fraction of sp³-hybridized carbons (Fsp3) is 0.208. The van der Waals surface area contributed by atoms with Gasteiger partial charge in [0, 0.05) is 48.5 Å². The predicted molar refractivity (Wildman–Crippen MR) is 126 cm³/mol. The summed E-state index contributed by atoms with van der Waals surface area (Å²) in [6.07, 6.45) is 5.11. The predicted octanol–water partition coefficient (Wildman–Crippen LogP) is 3.58. The van der Waals surface area contributed by atoms with Crippen molar-refractivity contribution in [1.29, 1.82) is 0 Å². The SMILES string of the molecule is COc1c(Nc2ccncc2)nc(N2CCOCC2)nc1-c1cccc(-c2cccnn2)c1. The number of rotatable bonds is 6. The van der Waals surface area contributed by atoms with E-state index in [9.17, 15) is 0 Å². The summed E-state index contributed by atoms with van der Waals surface area (Å²) in [6.45, 7) is 2.72. The van der Waals surface area contributed by atoms with Crippen molar-refractivity contribution < 1.29 is 9.47 Å². The Morgan fingerprint density at radius 2 is 1.76 bits per heavy atom. The average Bonchev–Trinajstić information content (AvgIpc) is 2.90. The molecular formula is C24H23N7O2. The van der Waals surface area contributed by atoms with Gasteiger partial charge < -0.3 is 19.7 Å². The molecule has 1 aliphatic rings. The van der Waals surface area contributed by atoms with Crippen molar-refractivity contribution in [2.24, 2.45) is 0 Å². The van der Waals surface area contributed by atoms with Crippen LogP contribution in [0.1, 0.15) is 0 Å². The minimum absolute atomic E-state index is 0.556. The summed E-state index contributed by atoms with van der Waals surface area (Å²) in [5.41, 5.74) is 4.17. The van der Waals surface area contributed by atoms with Crippen LogP contribution >= 0.6 is 0 Å². The van der Waals surface area contributed by atoms with Gasteiger partial charge in [-0.3, -0.25) is 4.98 Å². The molecule has 1 fully saturated rings. The lowest BCUT2D eigenvalue weighted by molar-refractivity contribution is 0.122. The zero-order valence-electron chi connectivity index (χ0n) is 18.2. The first-order valence-electron chi connectivity index (χ1n) is 10.7. The van der Waals surface area contributed by atoms with Crippen LogP contribution in [0.5, 0.6) is 5.75 Å². The third kappa shape index (κ3) is 4.58. The Hall–Kier alpha value is -4.11. The molecule has 4 aromatic rings. The van der Waals surface area contributed by atoms with E-state index in [1.807, 2.05) is 48.5 Å². The molecule has 0 aliphatic carbocycles. The van der Waals surface area contributed by atoms with E-state index in [1.165, 1.54) is 0 Å². The number of hydrogen-bond donors (Lipinski definition) is 1. The van der Waals surface area contributed by atoms with Crippen molar-refractivity contribution in [2.45, 2.75) is 0 Å². The molecule has 4 heterocycles. The fourth-order valence-corrected chi connectivity index (χ4v) is 3.67. The van der Waals surface area contributed by atoms with Gasteiger partial charge in [-0.2, -0.15) is 15.2 Å². The Morgan fingerprint density at radius 3 is 2.52 bits per heavy atom. The van der Waals surface area contributed by atoms with Gasteiger partial charge in [0.2, 0.25) is 5.95 Å². The quantitative estimate of drug-likeness (QED) is 0.481. The Bertz CT molecular complexity index is 1220. The van der Waals surface area contributed by atoms with Crippen molar-refractivity contribution in [3.63, 3.8) is 0 Å². The van der Waals surface area contributed by atoms with E-state index in [2.05, 4.69) is 25.4 Å². The largest absolute Gasteiger partial charge is 0.491 e. The number of hydrogen-bond acceptors (Lipinski definition) is 9. The molecule has 0 unspecified atom stereocenters. The maximum Gasteiger partial charge on any atom is 0.228 e. The van der Waals surface area contributed by atoms with Gasteiger partial charge >= 0.3 is 0 Å². The van der Waals surface area contributed by atoms with E-state index >= 15 is 0 Å². The van der Waals surface area contributed by atoms with Crippen LogP contribution in [-0.4, -0.2) is 58.6 Å². The van der Waals surface area contributed by atoms with Crippen LogP contribution in [0.4, 0.5) is 17.5 Å². The molecule has 1 N–H and O–H groups in total. The Morgan fingerprint density at radius 1 is 0.939 bits per heavy atom. The average molecular weight is 441 g/mol. The van der Waals surface area contributed by atoms with Crippen LogP contribution in [-0.2, 0) is 4.74 Å². The molecule has 5 rings (SSSR count). The van der Waals surface area contributed by atoms with Crippen molar-refractivity contribution in [2.75, 3.05) is 43.6 Å². The summed E-state index contributed by atoms with van der Waals surface area (Å²) in [4.78, 5) is 15.9. The van der Waals surface area contributed by atoms with Crippen LogP contribution in [0.25, 0.3) is 22.5 Å². The minimum atomic E-state index is 0.556. The number of anilines is 3. The van der Waals surface area contributed by atoms with Gasteiger partial charge in [-0.25, -0.2) is 4.98 Å². The Labute approximate surface area is 191 Å². The highest BCUT2D eigenvalue weighted by Crippen LogP contribution is 2.38. The van der Waals surface area contributed by atoms with E-state index in [-0.39, 0.29) is 0 Å². The molecule has 9 nitrogen and oxygen atoms in total. The smallest absolute Gasteiger partial charge is 0.228 e. The van der Waals surface area contributed by atoms with Gasteiger partial charge in [-0.05, 0) is 30.3 Å². The Balaban J connectivity index is 1.63. The maximum absolute atomic E-state index is 5.82. The normalized spacial score (nSPS) is 13.5. The van der Waals surface area contributed by atoms with E-state index in [1.54, 1.807) is 25.7 Å². The van der Waals surface area contributed by atoms with Gasteiger partial charge in [-0.1, -0.05) is 18.2 Å². The molecule has 0 saturated carbocycles. The zero-order valence-corrected chi connectivity index (χ0v) is 18.2. The van der Waals surface area contributed by atoms with Gasteiger partial charge in [0.05, 0.1) is 26.0 Å². The lowest BCUT2D eigenvalue weighted by Gasteiger charge is -2.28. The van der Waals surface area contributed by atoms with E-state index in [0.29, 0.717) is 36.4 Å². The van der Waals surface area contributed by atoms with Crippen LogP contribution in [0, 0.1) is 0 Å². The third-order valence-corrected chi connectivity index (χ3v) is 5.30. The number of aromatic nitrogens is 5. The number of nitrogens with zero attached hydrogens (tertiary/aromatic N) is 6. The first-order chi connectivity index (χ1) is 16.3. The summed E-state index contributed by atoms with van der Waals surface area (Å²) >= 11 is 0. The van der Waals surface area contributed by atoms with E-state index < -0.39 is 0 Å². The summed E-state index contributed by atoms with van der Waals surface area (Å²) in [5, 5.41) is 11.6. The van der Waals surface area contributed by atoms with E-state index in [4.69, 9.17) is 19.4 Å². The van der Waals surface area contributed by atoms with Crippen molar-refractivity contribution in [1.82, 2.24) is 25.1 Å². The first-order valence-corrected chi connectivity index (χ1v) is 10.7. The molecule has 3 aromatic heterocycles. The van der Waals surface area contributed by atoms with Crippen LogP contribution in [0.3, 0.4) is 0 Å². The second kappa shape index (κ2) is 9.58. The highest BCUT2D eigenvalue weighted by molar-refractivity contribution is 5.79. The molecule has 0 amide bonds. The number of pyridine rings is 1. The first kappa shape index (κ1) is 20.8. The highest BCUT2D eigenvalue weighted by Gasteiger charge is 2.22. The molecule has 166 valence electrons. The summed E-state index contributed by atoms with van der Waals surface area (Å²) in [6, 6.07) is 15.6. The molecule has 0 bridgehead atoms. The lowest BCUT2D eigenvalue weighted by atomic mass is 10.0. The molecule has 33 heavy (non-hydrogen) atoms. The topological polar surface area (TPSA) is 98.2 Å². The molecule has 1 saturated heterocycles. The van der Waals surface area contributed by atoms with Gasteiger partial charge in [0.25, 0.3) is 0 Å². The number of ether oxygens (including phenoxy) is 2. The molecule has 0 radical (unpaired) electrons. The molecular weight excluding hydrogens is 418 g/mol. The molecule has 9 heteroatoms. The molecule has 0 spiro atoms. The molecule has 1 aliphatic heterocycles. The van der Waals surface area contributed by atoms with Crippen LogP contribution < -0.4 is 15.0 Å². The summed E-state index contributed by atoms with van der Waals surface area (Å²) in [7, 11) is 1.63. The zero-order chi connectivity index (χ0) is 22.5. The fourth-order valence-electron chi connectivity index (χ4n) is 3.67. The molecule has 1 aromatic carbocycles.